The van der Waals surface area contributed by atoms with E-state index in [2.05, 4.69) is 14.8 Å². The predicted octanol–water partition coefficient (Wildman–Crippen LogP) is 2.96. The van der Waals surface area contributed by atoms with Gasteiger partial charge in [0.2, 0.25) is 10.0 Å². The van der Waals surface area contributed by atoms with Gasteiger partial charge in [0.15, 0.2) is 0 Å². The van der Waals surface area contributed by atoms with Crippen molar-refractivity contribution in [2.75, 3.05) is 0 Å². The third-order valence-electron chi connectivity index (χ3n) is 4.01. The Bertz CT molecular complexity index is 1030. The van der Waals surface area contributed by atoms with Gasteiger partial charge in [0, 0.05) is 6.54 Å². The molecule has 148 valence electrons. The fourth-order valence-corrected chi connectivity index (χ4v) is 3.76. The summed E-state index contributed by atoms with van der Waals surface area (Å²) >= 11 is 0. The highest BCUT2D eigenvalue weighted by atomic mass is 32.2. The van der Waals surface area contributed by atoms with Gasteiger partial charge in [-0.25, -0.2) is 22.8 Å². The summed E-state index contributed by atoms with van der Waals surface area (Å²) < 4.78 is 67.1. The summed E-state index contributed by atoms with van der Waals surface area (Å²) in [6.45, 7) is 0.442. The molecule has 28 heavy (non-hydrogen) atoms. The van der Waals surface area contributed by atoms with E-state index >= 15 is 0 Å². The van der Waals surface area contributed by atoms with Crippen LogP contribution in [0.1, 0.15) is 22.3 Å². The maximum absolute atomic E-state index is 12.8. The van der Waals surface area contributed by atoms with Crippen molar-refractivity contribution in [3.8, 4) is 0 Å². The van der Waals surface area contributed by atoms with E-state index in [0.717, 1.165) is 23.3 Å². The van der Waals surface area contributed by atoms with Crippen LogP contribution in [0.2, 0.25) is 0 Å². The van der Waals surface area contributed by atoms with Crippen LogP contribution in [0.3, 0.4) is 0 Å². The molecule has 1 heterocycles. The third kappa shape index (κ3) is 5.40. The standard InChI is InChI=1S/C18H17F3N4O2S/c19-18(20,21)17-7-3-4-14(8-17)11-28(26,27)24-9-15-5-1-2-6-16(15)10-25-13-22-12-23-25/h1-8,12-13,24H,9-11H2. The lowest BCUT2D eigenvalue weighted by molar-refractivity contribution is -0.137. The number of benzene rings is 2. The Morgan fingerprint density at radius 1 is 1.04 bits per heavy atom. The monoisotopic (exact) mass is 410 g/mol. The van der Waals surface area contributed by atoms with E-state index in [4.69, 9.17) is 0 Å². The molecule has 0 aliphatic rings. The predicted molar refractivity (Wildman–Crippen MR) is 96.5 cm³/mol. The summed E-state index contributed by atoms with van der Waals surface area (Å²) in [5.74, 6) is -0.540. The SMILES string of the molecule is O=S(=O)(Cc1cccc(C(F)(F)F)c1)NCc1ccccc1Cn1cncn1. The Balaban J connectivity index is 1.69. The first-order chi connectivity index (χ1) is 13.2. The fourth-order valence-electron chi connectivity index (χ4n) is 2.67. The minimum absolute atomic E-state index is 0.0200. The van der Waals surface area contributed by atoms with Crippen molar-refractivity contribution in [1.29, 1.82) is 0 Å². The van der Waals surface area contributed by atoms with E-state index in [9.17, 15) is 21.6 Å². The molecule has 0 fully saturated rings. The van der Waals surface area contributed by atoms with Crippen molar-refractivity contribution in [3.05, 3.63) is 83.4 Å². The first-order valence-corrected chi connectivity index (χ1v) is 9.91. The minimum atomic E-state index is -4.52. The number of nitrogens with one attached hydrogen (secondary N) is 1. The molecule has 0 bridgehead atoms. The van der Waals surface area contributed by atoms with Crippen molar-refractivity contribution >= 4 is 10.0 Å². The average Bonchev–Trinajstić information content (AvgIpc) is 3.13. The molecule has 0 unspecified atom stereocenters. The van der Waals surface area contributed by atoms with Crippen molar-refractivity contribution < 1.29 is 21.6 Å². The lowest BCUT2D eigenvalue weighted by Gasteiger charge is -2.12. The van der Waals surface area contributed by atoms with Crippen LogP contribution in [0.25, 0.3) is 0 Å². The topological polar surface area (TPSA) is 76.9 Å². The molecule has 10 heteroatoms. The first-order valence-electron chi connectivity index (χ1n) is 8.26. The van der Waals surface area contributed by atoms with Crippen LogP contribution in [-0.2, 0) is 35.0 Å². The number of hydrogen-bond donors (Lipinski definition) is 1. The number of sulfonamides is 1. The Morgan fingerprint density at radius 2 is 1.79 bits per heavy atom. The van der Waals surface area contributed by atoms with Crippen LogP contribution in [0.4, 0.5) is 13.2 Å². The Morgan fingerprint density at radius 3 is 2.46 bits per heavy atom. The molecule has 0 radical (unpaired) electrons. The van der Waals surface area contributed by atoms with Crippen molar-refractivity contribution in [2.45, 2.75) is 25.0 Å². The molecule has 0 aliphatic heterocycles. The van der Waals surface area contributed by atoms with Gasteiger partial charge >= 0.3 is 6.18 Å². The van der Waals surface area contributed by atoms with Crippen molar-refractivity contribution in [2.24, 2.45) is 0 Å². The van der Waals surface area contributed by atoms with E-state index in [1.165, 1.54) is 18.5 Å². The second kappa shape index (κ2) is 8.11. The molecule has 1 aromatic heterocycles. The van der Waals surface area contributed by atoms with Gasteiger partial charge in [0.05, 0.1) is 17.9 Å². The van der Waals surface area contributed by atoms with Gasteiger partial charge in [0.1, 0.15) is 12.7 Å². The molecule has 0 atom stereocenters. The highest BCUT2D eigenvalue weighted by molar-refractivity contribution is 7.88. The largest absolute Gasteiger partial charge is 0.416 e. The van der Waals surface area contributed by atoms with Crippen LogP contribution in [0.15, 0.2) is 61.2 Å². The number of aromatic nitrogens is 3. The molecular formula is C18H17F3N4O2S. The molecule has 6 nitrogen and oxygen atoms in total. The number of alkyl halides is 3. The van der Waals surface area contributed by atoms with Gasteiger partial charge in [-0.15, -0.1) is 0 Å². The molecule has 1 N–H and O–H groups in total. The molecule has 3 aromatic rings. The minimum Gasteiger partial charge on any atom is -0.249 e. The quantitative estimate of drug-likeness (QED) is 0.650. The molecule has 0 amide bonds. The number of rotatable bonds is 7. The Labute approximate surface area is 160 Å². The number of hydrogen-bond acceptors (Lipinski definition) is 4. The second-order valence-electron chi connectivity index (χ2n) is 6.14. The van der Waals surface area contributed by atoms with Gasteiger partial charge in [-0.3, -0.25) is 0 Å². The lowest BCUT2D eigenvalue weighted by Crippen LogP contribution is -2.25. The van der Waals surface area contributed by atoms with Crippen LogP contribution in [-0.4, -0.2) is 23.2 Å². The van der Waals surface area contributed by atoms with Crippen molar-refractivity contribution in [1.82, 2.24) is 19.5 Å². The van der Waals surface area contributed by atoms with E-state index < -0.39 is 27.5 Å². The first kappa shape index (κ1) is 20.0. The number of nitrogens with zero attached hydrogens (tertiary/aromatic N) is 3. The Kier molecular flexibility index (Phi) is 5.80. The average molecular weight is 410 g/mol. The number of halogens is 3. The third-order valence-corrected chi connectivity index (χ3v) is 5.31. The van der Waals surface area contributed by atoms with Gasteiger partial charge in [-0.05, 0) is 22.8 Å². The van der Waals surface area contributed by atoms with Gasteiger partial charge < -0.3 is 0 Å². The van der Waals surface area contributed by atoms with Crippen LogP contribution in [0, 0.1) is 0 Å². The van der Waals surface area contributed by atoms with Crippen molar-refractivity contribution in [3.63, 3.8) is 0 Å². The zero-order chi connectivity index (χ0) is 20.2. The van der Waals surface area contributed by atoms with E-state index in [-0.39, 0.29) is 12.1 Å². The van der Waals surface area contributed by atoms with Crippen LogP contribution >= 0.6 is 0 Å². The summed E-state index contributed by atoms with van der Waals surface area (Å²) in [6, 6.07) is 11.5. The summed E-state index contributed by atoms with van der Waals surface area (Å²) in [5.41, 5.74) is 0.789. The zero-order valence-electron chi connectivity index (χ0n) is 14.6. The molecule has 0 aliphatic carbocycles. The zero-order valence-corrected chi connectivity index (χ0v) is 15.4. The van der Waals surface area contributed by atoms with Crippen LogP contribution < -0.4 is 4.72 Å². The van der Waals surface area contributed by atoms with Crippen LogP contribution in [0.5, 0.6) is 0 Å². The van der Waals surface area contributed by atoms with Gasteiger partial charge in [-0.1, -0.05) is 42.5 Å². The smallest absolute Gasteiger partial charge is 0.249 e. The highest BCUT2D eigenvalue weighted by Gasteiger charge is 2.30. The molecule has 0 saturated carbocycles. The fraction of sp³-hybridized carbons (Fsp3) is 0.222. The van der Waals surface area contributed by atoms with Gasteiger partial charge in [-0.2, -0.15) is 18.3 Å². The maximum atomic E-state index is 12.8. The normalized spacial score (nSPS) is 12.2. The maximum Gasteiger partial charge on any atom is 0.416 e. The lowest BCUT2D eigenvalue weighted by atomic mass is 10.1. The molecule has 0 spiro atoms. The van der Waals surface area contributed by atoms with Gasteiger partial charge in [0.25, 0.3) is 0 Å². The summed E-state index contributed by atoms with van der Waals surface area (Å²) in [6.07, 6.45) is -1.57. The summed E-state index contributed by atoms with van der Waals surface area (Å²) in [4.78, 5) is 3.86. The van der Waals surface area contributed by atoms with E-state index in [0.29, 0.717) is 6.54 Å². The van der Waals surface area contributed by atoms with E-state index in [1.54, 1.807) is 23.1 Å². The summed E-state index contributed by atoms with van der Waals surface area (Å²) in [7, 11) is -3.83. The molecular weight excluding hydrogens is 393 g/mol. The highest BCUT2D eigenvalue weighted by Crippen LogP contribution is 2.29. The van der Waals surface area contributed by atoms with E-state index in [1.807, 2.05) is 12.1 Å². The second-order valence-corrected chi connectivity index (χ2v) is 7.95. The molecule has 0 saturated heterocycles. The summed E-state index contributed by atoms with van der Waals surface area (Å²) in [5, 5.41) is 4.02. The molecule has 3 rings (SSSR count). The molecule has 2 aromatic carbocycles. The Hall–Kier alpha value is -2.72.